The molecule has 0 radical (unpaired) electrons. The van der Waals surface area contributed by atoms with Crippen molar-refractivity contribution >= 4 is 61.8 Å². The summed E-state index contributed by atoms with van der Waals surface area (Å²) in [5.41, 5.74) is 0.981. The molecule has 2 heterocycles. The maximum absolute atomic E-state index is 12.3. The molecule has 5 nitrogen and oxygen atoms in total. The van der Waals surface area contributed by atoms with Crippen LogP contribution in [0.25, 0.3) is 10.1 Å². The molecule has 0 saturated carbocycles. The van der Waals surface area contributed by atoms with Gasteiger partial charge in [0.1, 0.15) is 5.15 Å². The zero-order valence-electron chi connectivity index (χ0n) is 13.2. The van der Waals surface area contributed by atoms with Crippen LogP contribution < -0.4 is 4.74 Å². The summed E-state index contributed by atoms with van der Waals surface area (Å²) in [6, 6.07) is 9.65. The van der Waals surface area contributed by atoms with Gasteiger partial charge >= 0.3 is 5.97 Å². The van der Waals surface area contributed by atoms with Crippen LogP contribution in [0.15, 0.2) is 36.5 Å². The van der Waals surface area contributed by atoms with Crippen molar-refractivity contribution in [2.75, 3.05) is 6.61 Å². The topological polar surface area (TPSA) is 61.3 Å². The van der Waals surface area contributed by atoms with Gasteiger partial charge in [0, 0.05) is 12.6 Å². The third kappa shape index (κ3) is 4.21. The van der Waals surface area contributed by atoms with E-state index in [4.69, 9.17) is 21.1 Å². The fourth-order valence-corrected chi connectivity index (χ4v) is 3.99. The molecule has 3 rings (SSSR count). The number of carbonyl (C=O) groups excluding carboxylic acids is 1. The van der Waals surface area contributed by atoms with Crippen LogP contribution in [0.1, 0.15) is 12.5 Å². The number of fused-ring (bicyclic) bond motifs is 1. The summed E-state index contributed by atoms with van der Waals surface area (Å²) in [6.45, 7) is 2.06. The third-order valence-electron chi connectivity index (χ3n) is 3.45. The molecule has 1 atom stereocenters. The lowest BCUT2D eigenvalue weighted by Gasteiger charge is -2.16. The van der Waals surface area contributed by atoms with Crippen molar-refractivity contribution in [1.82, 2.24) is 9.36 Å². The number of pyridine rings is 1. The second kappa shape index (κ2) is 8.29. The Morgan fingerprint density at radius 3 is 2.84 bits per heavy atom. The van der Waals surface area contributed by atoms with Crippen LogP contribution in [0, 0.1) is 3.57 Å². The molecule has 0 unspecified atom stereocenters. The van der Waals surface area contributed by atoms with E-state index in [1.807, 2.05) is 30.3 Å². The maximum atomic E-state index is 12.3. The average molecular weight is 489 g/mol. The number of esters is 1. The largest absolute Gasteiger partial charge is 0.463 e. The first-order valence-electron chi connectivity index (χ1n) is 7.56. The molecule has 2 aromatic heterocycles. The highest BCUT2D eigenvalue weighted by molar-refractivity contribution is 14.1. The van der Waals surface area contributed by atoms with Crippen molar-refractivity contribution in [2.45, 2.75) is 19.4 Å². The van der Waals surface area contributed by atoms with E-state index in [0.29, 0.717) is 24.1 Å². The van der Waals surface area contributed by atoms with E-state index >= 15 is 0 Å². The predicted molar refractivity (Wildman–Crippen MR) is 106 cm³/mol. The Kier molecular flexibility index (Phi) is 6.08. The average Bonchev–Trinajstić information content (AvgIpc) is 3.02. The van der Waals surface area contributed by atoms with Crippen LogP contribution >= 0.6 is 45.7 Å². The van der Waals surface area contributed by atoms with Crippen molar-refractivity contribution in [3.05, 3.63) is 50.8 Å². The molecule has 0 aliphatic heterocycles. The van der Waals surface area contributed by atoms with E-state index in [0.717, 1.165) is 19.2 Å². The smallest absolute Gasteiger partial charge is 0.347 e. The first-order chi connectivity index (χ1) is 12.1. The molecule has 0 bridgehead atoms. The van der Waals surface area contributed by atoms with E-state index in [1.54, 1.807) is 13.1 Å². The highest BCUT2D eigenvalue weighted by Crippen LogP contribution is 2.35. The molecule has 0 N–H and O–H groups in total. The number of aromatic nitrogens is 2. The van der Waals surface area contributed by atoms with Crippen molar-refractivity contribution in [2.24, 2.45) is 0 Å². The van der Waals surface area contributed by atoms with Gasteiger partial charge in [-0.2, -0.15) is 4.37 Å². The standard InChI is InChI=1S/C17H14ClIN2O3S/c1-2-23-17(22)11(8-10-6-4-3-5-7-10)24-16-13-12(25-21-16)9-20-15(18)14(13)19/h3-7,9,11H,2,8H2,1H3/t11-/m1/s1. The van der Waals surface area contributed by atoms with Crippen molar-refractivity contribution < 1.29 is 14.3 Å². The predicted octanol–water partition coefficient (Wildman–Crippen LogP) is 4.50. The van der Waals surface area contributed by atoms with E-state index < -0.39 is 12.1 Å². The van der Waals surface area contributed by atoms with Gasteiger partial charge in [-0.25, -0.2) is 9.78 Å². The number of hydrogen-bond donors (Lipinski definition) is 0. The van der Waals surface area contributed by atoms with Crippen LogP contribution in [0.4, 0.5) is 0 Å². The normalized spacial score (nSPS) is 12.1. The van der Waals surface area contributed by atoms with Crippen LogP contribution in [0.2, 0.25) is 5.15 Å². The van der Waals surface area contributed by atoms with Gasteiger partial charge < -0.3 is 9.47 Å². The Morgan fingerprint density at radius 1 is 1.36 bits per heavy atom. The van der Waals surface area contributed by atoms with Gasteiger partial charge in [-0.1, -0.05) is 41.9 Å². The minimum atomic E-state index is -0.782. The molecule has 3 aromatic rings. The van der Waals surface area contributed by atoms with Gasteiger partial charge in [0.2, 0.25) is 12.0 Å². The first-order valence-corrected chi connectivity index (χ1v) is 9.79. The van der Waals surface area contributed by atoms with Gasteiger partial charge in [-0.05, 0) is 46.6 Å². The third-order valence-corrected chi connectivity index (χ3v) is 5.87. The van der Waals surface area contributed by atoms with Crippen molar-refractivity contribution in [3.8, 4) is 5.88 Å². The monoisotopic (exact) mass is 488 g/mol. The highest BCUT2D eigenvalue weighted by Gasteiger charge is 2.25. The van der Waals surface area contributed by atoms with Crippen molar-refractivity contribution in [1.29, 1.82) is 0 Å². The lowest BCUT2D eigenvalue weighted by Crippen LogP contribution is -2.31. The number of rotatable bonds is 6. The van der Waals surface area contributed by atoms with E-state index in [1.165, 1.54) is 11.5 Å². The molecule has 0 aliphatic carbocycles. The SMILES string of the molecule is CCOC(=O)[C@@H](Cc1ccccc1)Oc1nsc2cnc(Cl)c(I)c12. The second-order valence-electron chi connectivity index (χ2n) is 5.14. The molecule has 8 heteroatoms. The number of halogens is 2. The van der Waals surface area contributed by atoms with Gasteiger partial charge in [0.05, 0.1) is 20.3 Å². The minimum Gasteiger partial charge on any atom is -0.463 e. The summed E-state index contributed by atoms with van der Waals surface area (Å²) >= 11 is 9.47. The molecular weight excluding hydrogens is 475 g/mol. The number of benzene rings is 1. The van der Waals surface area contributed by atoms with Crippen LogP contribution in [0.3, 0.4) is 0 Å². The zero-order chi connectivity index (χ0) is 17.8. The number of ether oxygens (including phenoxy) is 2. The molecule has 0 aliphatic rings. The molecule has 0 saturated heterocycles. The molecule has 0 spiro atoms. The summed E-state index contributed by atoms with van der Waals surface area (Å²) < 4.78 is 17.1. The van der Waals surface area contributed by atoms with Crippen molar-refractivity contribution in [3.63, 3.8) is 0 Å². The van der Waals surface area contributed by atoms with Gasteiger partial charge in [0.15, 0.2) is 0 Å². The Morgan fingerprint density at radius 2 is 2.12 bits per heavy atom. The summed E-state index contributed by atoms with van der Waals surface area (Å²) in [4.78, 5) is 16.5. The summed E-state index contributed by atoms with van der Waals surface area (Å²) in [5, 5.41) is 1.15. The Bertz CT molecular complexity index is 888. The molecule has 130 valence electrons. The highest BCUT2D eigenvalue weighted by atomic mass is 127. The Hall–Kier alpha value is -1.45. The molecule has 0 fully saturated rings. The van der Waals surface area contributed by atoms with Gasteiger partial charge in [-0.15, -0.1) is 0 Å². The molecular formula is C17H14ClIN2O3S. The first kappa shape index (κ1) is 18.3. The zero-order valence-corrected chi connectivity index (χ0v) is 17.0. The summed E-state index contributed by atoms with van der Waals surface area (Å²) in [7, 11) is 0. The quantitative estimate of drug-likeness (QED) is 0.290. The number of hydrogen-bond acceptors (Lipinski definition) is 6. The lowest BCUT2D eigenvalue weighted by atomic mass is 10.1. The maximum Gasteiger partial charge on any atom is 0.347 e. The van der Waals surface area contributed by atoms with E-state index in [-0.39, 0.29) is 0 Å². The Labute approximate surface area is 167 Å². The van der Waals surface area contributed by atoms with Crippen LogP contribution in [0.5, 0.6) is 5.88 Å². The fourth-order valence-electron chi connectivity index (χ4n) is 2.30. The van der Waals surface area contributed by atoms with E-state index in [2.05, 4.69) is 31.9 Å². The fraction of sp³-hybridized carbons (Fsp3) is 0.235. The van der Waals surface area contributed by atoms with Gasteiger partial charge in [0.25, 0.3) is 0 Å². The Balaban J connectivity index is 1.92. The molecule has 25 heavy (non-hydrogen) atoms. The molecule has 1 aromatic carbocycles. The minimum absolute atomic E-state index is 0.290. The van der Waals surface area contributed by atoms with E-state index in [9.17, 15) is 4.79 Å². The number of nitrogens with zero attached hydrogens (tertiary/aromatic N) is 2. The van der Waals surface area contributed by atoms with Crippen LogP contribution in [-0.4, -0.2) is 28.0 Å². The van der Waals surface area contributed by atoms with Gasteiger partial charge in [-0.3, -0.25) is 0 Å². The lowest BCUT2D eigenvalue weighted by molar-refractivity contribution is -0.151. The summed E-state index contributed by atoms with van der Waals surface area (Å²) in [5.74, 6) is -0.0367. The van der Waals surface area contributed by atoms with Crippen LogP contribution in [-0.2, 0) is 16.0 Å². The summed E-state index contributed by atoms with van der Waals surface area (Å²) in [6.07, 6.45) is 1.27. The molecule has 0 amide bonds. The number of carbonyl (C=O) groups is 1. The second-order valence-corrected chi connectivity index (χ2v) is 7.38.